The molecule has 0 amide bonds. The molecule has 0 heterocycles. The van der Waals surface area contributed by atoms with Crippen LogP contribution in [-0.4, -0.2) is 29.7 Å². The van der Waals surface area contributed by atoms with Crippen molar-refractivity contribution in [1.29, 1.82) is 0 Å². The highest BCUT2D eigenvalue weighted by molar-refractivity contribution is 5.85. The number of hydrogen-bond donors (Lipinski definition) is 2. The third-order valence-corrected chi connectivity index (χ3v) is 1.83. The van der Waals surface area contributed by atoms with Crippen molar-refractivity contribution in [3.05, 3.63) is 0 Å². The van der Waals surface area contributed by atoms with Gasteiger partial charge in [-0.3, -0.25) is 4.74 Å². The Morgan fingerprint density at radius 1 is 1.31 bits per heavy atom. The number of hydrogen-bond acceptors (Lipinski definition) is 3. The number of aliphatic hydroxyl groups excluding tert-OH is 1. The molecule has 3 N–H and O–H groups in total. The summed E-state index contributed by atoms with van der Waals surface area (Å²) in [5.41, 5.74) is 5.29. The second-order valence-corrected chi connectivity index (χ2v) is 2.89. The fourth-order valence-corrected chi connectivity index (χ4v) is 1.29. The highest BCUT2D eigenvalue weighted by atomic mass is 35.5. The molecular weight excluding hydrogens is 211 g/mol. The lowest BCUT2D eigenvalue weighted by molar-refractivity contribution is -0.342. The summed E-state index contributed by atoms with van der Waals surface area (Å²) in [7, 11) is 0. The summed E-state index contributed by atoms with van der Waals surface area (Å²) in [6, 6.07) is -0.600. The predicted molar refractivity (Wildman–Crippen MR) is 41.4 cm³/mol. The van der Waals surface area contributed by atoms with E-state index in [1.54, 1.807) is 0 Å². The molecule has 0 aromatic carbocycles. The third-order valence-electron chi connectivity index (χ3n) is 1.83. The Morgan fingerprint density at radius 3 is 2.15 bits per heavy atom. The summed E-state index contributed by atoms with van der Waals surface area (Å²) in [4.78, 5) is 0. The number of alkyl halides is 3. The molecule has 0 unspecified atom stereocenters. The van der Waals surface area contributed by atoms with Gasteiger partial charge in [0.1, 0.15) is 0 Å². The lowest BCUT2D eigenvalue weighted by atomic mass is 10.2. The lowest BCUT2D eigenvalue weighted by Gasteiger charge is -2.12. The summed E-state index contributed by atoms with van der Waals surface area (Å²) in [5.74, 6) is 0. The Kier molecular flexibility index (Phi) is 4.44. The minimum atomic E-state index is -4.63. The van der Waals surface area contributed by atoms with E-state index in [2.05, 4.69) is 4.74 Å². The van der Waals surface area contributed by atoms with Gasteiger partial charge in [-0.25, -0.2) is 0 Å². The molecular formula is C6H11ClF3NO2. The summed E-state index contributed by atoms with van der Waals surface area (Å²) < 4.78 is 38.6. The van der Waals surface area contributed by atoms with Crippen molar-refractivity contribution in [3.63, 3.8) is 0 Å². The average Bonchev–Trinajstić information content (AvgIpc) is 2.07. The summed E-state index contributed by atoms with van der Waals surface area (Å²) in [6.45, 7) is 0. The van der Waals surface area contributed by atoms with Crippen molar-refractivity contribution in [1.82, 2.24) is 0 Å². The Bertz CT molecular complexity index is 156. The van der Waals surface area contributed by atoms with Crippen LogP contribution in [0.3, 0.4) is 0 Å². The van der Waals surface area contributed by atoms with Gasteiger partial charge >= 0.3 is 6.36 Å². The maximum absolute atomic E-state index is 11.6. The number of halogens is 4. The molecule has 1 rings (SSSR count). The minimum Gasteiger partial charge on any atom is -0.391 e. The molecule has 0 spiro atoms. The zero-order chi connectivity index (χ0) is 9.35. The number of nitrogens with two attached hydrogens (primary N) is 1. The first-order valence-corrected chi connectivity index (χ1v) is 3.56. The molecule has 3 nitrogen and oxygen atoms in total. The molecule has 0 saturated heterocycles. The van der Waals surface area contributed by atoms with Gasteiger partial charge in [-0.05, 0) is 6.42 Å². The minimum absolute atomic E-state index is 0. The summed E-state index contributed by atoms with van der Waals surface area (Å²) in [5, 5.41) is 8.99. The Hall–Kier alpha value is -0.0400. The molecule has 1 aliphatic carbocycles. The van der Waals surface area contributed by atoms with Crippen molar-refractivity contribution in [2.24, 2.45) is 5.73 Å². The molecule has 1 aliphatic rings. The third kappa shape index (κ3) is 4.12. The van der Waals surface area contributed by atoms with Gasteiger partial charge in [-0.1, -0.05) is 0 Å². The van der Waals surface area contributed by atoms with E-state index in [0.717, 1.165) is 0 Å². The Morgan fingerprint density at radius 2 is 1.85 bits per heavy atom. The maximum atomic E-state index is 11.6. The van der Waals surface area contributed by atoms with E-state index in [-0.39, 0.29) is 25.2 Å². The van der Waals surface area contributed by atoms with Crippen molar-refractivity contribution in [2.45, 2.75) is 37.5 Å². The number of aliphatic hydroxyl groups is 1. The molecule has 0 aromatic heterocycles. The van der Waals surface area contributed by atoms with E-state index < -0.39 is 24.6 Å². The first-order valence-electron chi connectivity index (χ1n) is 3.56. The van der Waals surface area contributed by atoms with Crippen LogP contribution < -0.4 is 5.73 Å². The van der Waals surface area contributed by atoms with Gasteiger partial charge in [0.15, 0.2) is 0 Å². The summed E-state index contributed by atoms with van der Waals surface area (Å²) >= 11 is 0. The zero-order valence-electron chi connectivity index (χ0n) is 6.62. The van der Waals surface area contributed by atoms with Crippen LogP contribution in [0.2, 0.25) is 0 Å². The van der Waals surface area contributed by atoms with E-state index >= 15 is 0 Å². The first kappa shape index (κ1) is 13.0. The van der Waals surface area contributed by atoms with Gasteiger partial charge in [0.05, 0.1) is 12.2 Å². The van der Waals surface area contributed by atoms with E-state index in [9.17, 15) is 13.2 Å². The quantitative estimate of drug-likeness (QED) is 0.689. The van der Waals surface area contributed by atoms with Crippen molar-refractivity contribution in [2.75, 3.05) is 0 Å². The van der Waals surface area contributed by atoms with Gasteiger partial charge in [0.25, 0.3) is 0 Å². The molecule has 13 heavy (non-hydrogen) atoms. The smallest absolute Gasteiger partial charge is 0.391 e. The molecule has 80 valence electrons. The normalized spacial score (nSPS) is 34.4. The van der Waals surface area contributed by atoms with Crippen molar-refractivity contribution >= 4 is 12.4 Å². The molecule has 0 aliphatic heterocycles. The number of ether oxygens (including phenoxy) is 1. The van der Waals surface area contributed by atoms with Gasteiger partial charge in [-0.15, -0.1) is 25.6 Å². The van der Waals surface area contributed by atoms with Crippen LogP contribution in [-0.2, 0) is 4.74 Å². The van der Waals surface area contributed by atoms with Gasteiger partial charge in [-0.2, -0.15) is 0 Å². The average molecular weight is 222 g/mol. The molecule has 3 atom stereocenters. The summed E-state index contributed by atoms with van der Waals surface area (Å²) in [6.07, 6.45) is -6.48. The molecule has 0 aromatic rings. The second-order valence-electron chi connectivity index (χ2n) is 2.89. The van der Waals surface area contributed by atoms with Gasteiger partial charge < -0.3 is 10.8 Å². The van der Waals surface area contributed by atoms with Gasteiger partial charge in [0, 0.05) is 12.5 Å². The van der Waals surface area contributed by atoms with Crippen molar-refractivity contribution in [3.8, 4) is 0 Å². The maximum Gasteiger partial charge on any atom is 0.522 e. The number of rotatable bonds is 1. The van der Waals surface area contributed by atoms with E-state index in [4.69, 9.17) is 10.8 Å². The standard InChI is InChI=1S/C6H10F3NO2.ClH/c7-6(8,9)12-3-1-4(10)5(11)2-3;/h3-5,11H,1-2,10H2;1H/t3-,4-,5-;/m0./s1. The Labute approximate surface area is 79.5 Å². The lowest BCUT2D eigenvalue weighted by Crippen LogP contribution is -2.28. The van der Waals surface area contributed by atoms with Crippen LogP contribution in [0.5, 0.6) is 0 Å². The zero-order valence-corrected chi connectivity index (χ0v) is 7.44. The van der Waals surface area contributed by atoms with Crippen LogP contribution in [0.15, 0.2) is 0 Å². The van der Waals surface area contributed by atoms with Crippen LogP contribution in [0.25, 0.3) is 0 Å². The van der Waals surface area contributed by atoms with Gasteiger partial charge in [0.2, 0.25) is 0 Å². The predicted octanol–water partition coefficient (Wildman–Crippen LogP) is 0.795. The highest BCUT2D eigenvalue weighted by Crippen LogP contribution is 2.28. The molecule has 1 saturated carbocycles. The molecule has 0 bridgehead atoms. The SMILES string of the molecule is Cl.N[C@H]1C[C@H](OC(F)(F)F)C[C@@H]1O. The van der Waals surface area contributed by atoms with Crippen LogP contribution >= 0.6 is 12.4 Å². The monoisotopic (exact) mass is 221 g/mol. The van der Waals surface area contributed by atoms with E-state index in [1.807, 2.05) is 0 Å². The Balaban J connectivity index is 0.00000144. The molecule has 7 heteroatoms. The highest BCUT2D eigenvalue weighted by Gasteiger charge is 2.39. The van der Waals surface area contributed by atoms with Crippen LogP contribution in [0.1, 0.15) is 12.8 Å². The topological polar surface area (TPSA) is 55.5 Å². The fraction of sp³-hybridized carbons (Fsp3) is 1.00. The first-order chi connectivity index (χ1) is 5.38. The van der Waals surface area contributed by atoms with Crippen LogP contribution in [0, 0.1) is 0 Å². The van der Waals surface area contributed by atoms with Crippen LogP contribution in [0.4, 0.5) is 13.2 Å². The second kappa shape index (κ2) is 4.45. The van der Waals surface area contributed by atoms with E-state index in [1.165, 1.54) is 0 Å². The largest absolute Gasteiger partial charge is 0.522 e. The van der Waals surface area contributed by atoms with E-state index in [0.29, 0.717) is 0 Å². The molecule has 1 fully saturated rings. The fourth-order valence-electron chi connectivity index (χ4n) is 1.29. The van der Waals surface area contributed by atoms with Crippen molar-refractivity contribution < 1.29 is 23.0 Å². The molecule has 0 radical (unpaired) electrons.